The van der Waals surface area contributed by atoms with Crippen LogP contribution in [0.25, 0.3) is 0 Å². The quantitative estimate of drug-likeness (QED) is 0.358. The van der Waals surface area contributed by atoms with E-state index >= 15 is 0 Å². The zero-order valence-electron chi connectivity index (χ0n) is 5.68. The van der Waals surface area contributed by atoms with Crippen LogP contribution < -0.4 is 0 Å². The van der Waals surface area contributed by atoms with Crippen LogP contribution in [-0.2, 0) is 0 Å². The Morgan fingerprint density at radius 1 is 1.11 bits per heavy atom. The molecule has 52 valence electrons. The Morgan fingerprint density at radius 3 is 2.78 bits per heavy atom. The molecule has 0 aromatic heterocycles. The summed E-state index contributed by atoms with van der Waals surface area (Å²) in [6.45, 7) is 0.708. The minimum atomic E-state index is 0.708. The van der Waals surface area contributed by atoms with E-state index in [1.54, 1.807) is 6.21 Å². The second-order valence-electron chi connectivity index (χ2n) is 2.53. The van der Waals surface area contributed by atoms with Crippen LogP contribution >= 0.6 is 0 Å². The third kappa shape index (κ3) is 2.49. The van der Waals surface area contributed by atoms with Gasteiger partial charge in [0.25, 0.3) is 0 Å². The summed E-state index contributed by atoms with van der Waals surface area (Å²) in [5.41, 5.74) is 0. The molecule has 0 saturated carbocycles. The standard InChI is InChI=1S/C7H13NO/c9-8-6-4-2-1-3-5-7-8/h6H,1-5,7H2/b8-6+. The van der Waals surface area contributed by atoms with Crippen LogP contribution in [0.15, 0.2) is 0 Å². The van der Waals surface area contributed by atoms with E-state index in [1.807, 2.05) is 0 Å². The monoisotopic (exact) mass is 127 g/mol. The minimum absolute atomic E-state index is 0.708. The molecule has 0 bridgehead atoms. The van der Waals surface area contributed by atoms with Crippen molar-refractivity contribution in [3.63, 3.8) is 0 Å². The Labute approximate surface area is 55.8 Å². The van der Waals surface area contributed by atoms with Crippen LogP contribution in [-0.4, -0.2) is 17.5 Å². The lowest BCUT2D eigenvalue weighted by molar-refractivity contribution is -0.455. The third-order valence-corrected chi connectivity index (χ3v) is 1.67. The maximum Gasteiger partial charge on any atom is 0.153 e. The van der Waals surface area contributed by atoms with E-state index in [1.165, 1.54) is 19.3 Å². The van der Waals surface area contributed by atoms with Gasteiger partial charge in [0, 0.05) is 12.8 Å². The van der Waals surface area contributed by atoms with E-state index in [9.17, 15) is 5.21 Å². The molecular formula is C7H13NO. The van der Waals surface area contributed by atoms with Gasteiger partial charge in [0.2, 0.25) is 0 Å². The van der Waals surface area contributed by atoms with Crippen molar-refractivity contribution >= 4 is 6.21 Å². The lowest BCUT2D eigenvalue weighted by Gasteiger charge is -2.06. The van der Waals surface area contributed by atoms with Crippen molar-refractivity contribution in [3.05, 3.63) is 5.21 Å². The van der Waals surface area contributed by atoms with Gasteiger partial charge in [-0.05, 0) is 12.8 Å². The Bertz CT molecular complexity index is 109. The van der Waals surface area contributed by atoms with Crippen molar-refractivity contribution in [3.8, 4) is 0 Å². The smallest absolute Gasteiger partial charge is 0.153 e. The fourth-order valence-corrected chi connectivity index (χ4v) is 1.09. The molecule has 0 fully saturated rings. The van der Waals surface area contributed by atoms with Gasteiger partial charge < -0.3 is 5.21 Å². The molecule has 0 saturated heterocycles. The van der Waals surface area contributed by atoms with Gasteiger partial charge in [-0.3, -0.25) is 0 Å². The summed E-state index contributed by atoms with van der Waals surface area (Å²) in [5, 5.41) is 10.7. The molecule has 1 rings (SSSR count). The van der Waals surface area contributed by atoms with Crippen LogP contribution in [0.1, 0.15) is 32.1 Å². The first kappa shape index (κ1) is 6.59. The number of rotatable bonds is 0. The van der Waals surface area contributed by atoms with E-state index in [4.69, 9.17) is 0 Å². The van der Waals surface area contributed by atoms with Gasteiger partial charge in [-0.1, -0.05) is 6.42 Å². The molecule has 0 aromatic rings. The Hall–Kier alpha value is -0.530. The van der Waals surface area contributed by atoms with Gasteiger partial charge in [0.15, 0.2) is 12.8 Å². The molecule has 1 heterocycles. The molecule has 0 amide bonds. The summed E-state index contributed by atoms with van der Waals surface area (Å²) in [6, 6.07) is 0. The normalized spacial score (nSPS) is 27.8. The number of nitrogens with zero attached hydrogens (tertiary/aromatic N) is 1. The summed E-state index contributed by atoms with van der Waals surface area (Å²) in [4.78, 5) is 0. The third-order valence-electron chi connectivity index (χ3n) is 1.67. The number of hydrogen-bond acceptors (Lipinski definition) is 1. The van der Waals surface area contributed by atoms with E-state index in [-0.39, 0.29) is 0 Å². The summed E-state index contributed by atoms with van der Waals surface area (Å²) < 4.78 is 1.07. The highest BCUT2D eigenvalue weighted by molar-refractivity contribution is 5.51. The fraction of sp³-hybridized carbons (Fsp3) is 0.857. The summed E-state index contributed by atoms with van der Waals surface area (Å²) in [5.74, 6) is 0. The van der Waals surface area contributed by atoms with E-state index in [2.05, 4.69) is 0 Å². The molecule has 1 aliphatic rings. The minimum Gasteiger partial charge on any atom is -0.624 e. The molecule has 0 spiro atoms. The lowest BCUT2D eigenvalue weighted by atomic mass is 10.1. The van der Waals surface area contributed by atoms with Gasteiger partial charge >= 0.3 is 0 Å². The van der Waals surface area contributed by atoms with Crippen LogP contribution in [0.5, 0.6) is 0 Å². The summed E-state index contributed by atoms with van der Waals surface area (Å²) in [6.07, 6.45) is 7.53. The number of hydrogen-bond donors (Lipinski definition) is 0. The maximum atomic E-state index is 10.7. The fourth-order valence-electron chi connectivity index (χ4n) is 1.09. The van der Waals surface area contributed by atoms with Crippen LogP contribution in [0.4, 0.5) is 0 Å². The van der Waals surface area contributed by atoms with Gasteiger partial charge in [0.1, 0.15) is 0 Å². The van der Waals surface area contributed by atoms with E-state index < -0.39 is 0 Å². The number of hydroxylamine groups is 1. The summed E-state index contributed by atoms with van der Waals surface area (Å²) >= 11 is 0. The van der Waals surface area contributed by atoms with E-state index in [0.29, 0.717) is 6.54 Å². The van der Waals surface area contributed by atoms with Crippen LogP contribution in [0.3, 0.4) is 0 Å². The molecule has 0 unspecified atom stereocenters. The van der Waals surface area contributed by atoms with Crippen molar-refractivity contribution in [2.75, 3.05) is 6.54 Å². The lowest BCUT2D eigenvalue weighted by Crippen LogP contribution is -2.08. The molecule has 9 heavy (non-hydrogen) atoms. The second-order valence-corrected chi connectivity index (χ2v) is 2.53. The predicted molar refractivity (Wildman–Crippen MR) is 37.6 cm³/mol. The van der Waals surface area contributed by atoms with Crippen molar-refractivity contribution < 1.29 is 4.74 Å². The highest BCUT2D eigenvalue weighted by atomic mass is 16.5. The summed E-state index contributed by atoms with van der Waals surface area (Å²) in [7, 11) is 0. The first-order valence-electron chi connectivity index (χ1n) is 3.67. The van der Waals surface area contributed by atoms with Crippen LogP contribution in [0, 0.1) is 5.21 Å². The molecule has 1 aliphatic heterocycles. The molecule has 0 aliphatic carbocycles. The van der Waals surface area contributed by atoms with Crippen LogP contribution in [0.2, 0.25) is 0 Å². The first-order valence-corrected chi connectivity index (χ1v) is 3.67. The van der Waals surface area contributed by atoms with Crippen molar-refractivity contribution in [1.82, 2.24) is 0 Å². The average Bonchev–Trinajstić information content (AvgIpc) is 1.79. The van der Waals surface area contributed by atoms with Crippen molar-refractivity contribution in [1.29, 1.82) is 0 Å². The zero-order valence-corrected chi connectivity index (χ0v) is 5.68. The topological polar surface area (TPSA) is 26.1 Å². The highest BCUT2D eigenvalue weighted by Crippen LogP contribution is 2.04. The van der Waals surface area contributed by atoms with Gasteiger partial charge in [0.05, 0.1) is 0 Å². The molecule has 0 radical (unpaired) electrons. The molecule has 2 nitrogen and oxygen atoms in total. The zero-order chi connectivity index (χ0) is 6.53. The average molecular weight is 127 g/mol. The molecule has 0 aromatic carbocycles. The molecule has 0 N–H and O–H groups in total. The predicted octanol–water partition coefficient (Wildman–Crippen LogP) is 1.53. The van der Waals surface area contributed by atoms with Crippen molar-refractivity contribution in [2.24, 2.45) is 0 Å². The second kappa shape index (κ2) is 3.49. The molecule has 2 heteroatoms. The SMILES string of the molecule is [O-]/[N+]1=C/CCCCCC1. The largest absolute Gasteiger partial charge is 0.624 e. The molecular weight excluding hydrogens is 114 g/mol. The maximum absolute atomic E-state index is 10.7. The van der Waals surface area contributed by atoms with Gasteiger partial charge in [-0.25, -0.2) is 4.74 Å². The Balaban J connectivity index is 2.32. The van der Waals surface area contributed by atoms with Crippen molar-refractivity contribution in [2.45, 2.75) is 32.1 Å². The van der Waals surface area contributed by atoms with Gasteiger partial charge in [-0.2, -0.15) is 0 Å². The highest BCUT2D eigenvalue weighted by Gasteiger charge is 1.98. The molecule has 0 atom stereocenters. The Morgan fingerprint density at radius 2 is 1.89 bits per heavy atom. The Kier molecular flexibility index (Phi) is 2.55. The first-order chi connectivity index (χ1) is 4.39. The van der Waals surface area contributed by atoms with Gasteiger partial charge in [-0.15, -0.1) is 0 Å². The van der Waals surface area contributed by atoms with E-state index in [0.717, 1.165) is 17.6 Å².